The van der Waals surface area contributed by atoms with E-state index in [0.717, 1.165) is 28.6 Å². The first-order valence-electron chi connectivity index (χ1n) is 11.8. The number of aromatic amines is 1. The smallest absolute Gasteiger partial charge is 0.373 e. The number of rotatable bonds is 8. The van der Waals surface area contributed by atoms with E-state index < -0.39 is 41.7 Å². The largest absolute Gasteiger partial charge is 0.458 e. The zero-order chi connectivity index (χ0) is 31.2. The van der Waals surface area contributed by atoms with Crippen molar-refractivity contribution in [2.75, 3.05) is 11.9 Å². The number of carbonyl (C=O) groups excluding carboxylic acids is 3. The summed E-state index contributed by atoms with van der Waals surface area (Å²) in [5.41, 5.74) is 1.94. The van der Waals surface area contributed by atoms with Crippen molar-refractivity contribution in [2.24, 2.45) is 5.92 Å². The number of anilines is 1. The second-order valence-electron chi connectivity index (χ2n) is 9.00. The fraction of sp³-hybridized carbons (Fsp3) is 0.346. The molecule has 0 aliphatic carbocycles. The van der Waals surface area contributed by atoms with Crippen molar-refractivity contribution in [3.8, 4) is 0 Å². The number of halogens is 9. The van der Waals surface area contributed by atoms with Gasteiger partial charge >= 0.3 is 30.1 Å². The van der Waals surface area contributed by atoms with Crippen molar-refractivity contribution in [3.63, 3.8) is 0 Å². The summed E-state index contributed by atoms with van der Waals surface area (Å²) in [6, 6.07) is 12.1. The molecule has 0 aliphatic rings. The molecule has 0 fully saturated rings. The zero-order valence-electron chi connectivity index (χ0n) is 21.4. The number of nitrogens with one attached hydrogen (secondary N) is 3. The van der Waals surface area contributed by atoms with Gasteiger partial charge in [0.15, 0.2) is 0 Å². The van der Waals surface area contributed by atoms with Gasteiger partial charge in [0.1, 0.15) is 6.04 Å². The van der Waals surface area contributed by atoms with Gasteiger partial charge in [0.05, 0.1) is 5.56 Å². The van der Waals surface area contributed by atoms with E-state index in [0.29, 0.717) is 18.7 Å². The van der Waals surface area contributed by atoms with E-state index in [-0.39, 0.29) is 11.8 Å². The SMILES string of the molecule is CC(C)[C@@H](Nc1ccc(C(F)(F)F)cc1)C(=O)NCCc1c[nH]c2ccccc12.O=C(C(=O)C(F)(F)F)C(F)(F)F. The predicted octanol–water partition coefficient (Wildman–Crippen LogP) is 6.23. The first-order chi connectivity index (χ1) is 18.8. The number of para-hydroxylation sites is 1. The Hall–Kier alpha value is -4.04. The van der Waals surface area contributed by atoms with E-state index in [1.54, 1.807) is 0 Å². The first-order valence-corrected chi connectivity index (χ1v) is 11.8. The summed E-state index contributed by atoms with van der Waals surface area (Å²) >= 11 is 0. The number of hydrogen-bond acceptors (Lipinski definition) is 4. The third-order valence-corrected chi connectivity index (χ3v) is 5.57. The molecule has 0 unspecified atom stereocenters. The first kappa shape index (κ1) is 33.2. The average Bonchev–Trinajstić information content (AvgIpc) is 3.28. The highest BCUT2D eigenvalue weighted by molar-refractivity contribution is 6.41. The molecule has 2 aromatic carbocycles. The minimum Gasteiger partial charge on any atom is -0.373 e. The van der Waals surface area contributed by atoms with Gasteiger partial charge in [0.25, 0.3) is 0 Å². The molecule has 0 aliphatic heterocycles. The number of fused-ring (bicyclic) bond motifs is 1. The molecular formula is C26H24F9N3O3. The van der Waals surface area contributed by atoms with Crippen LogP contribution in [0.2, 0.25) is 0 Å². The monoisotopic (exact) mass is 597 g/mol. The molecule has 6 nitrogen and oxygen atoms in total. The summed E-state index contributed by atoms with van der Waals surface area (Å²) in [4.78, 5) is 35.1. The zero-order valence-corrected chi connectivity index (χ0v) is 21.4. The van der Waals surface area contributed by atoms with Gasteiger partial charge in [0.2, 0.25) is 5.91 Å². The standard InChI is InChI=1S/C22H24F3N3O.C4F6O2/c1-14(2)20(28-17-9-7-16(8-10-17)22(23,24)25)21(29)26-12-11-15-13-27-19-6-4-3-5-18(15)19;5-3(6,7)1(11)2(12)4(8,9)10/h3-10,13-14,20,27-28H,11-12H2,1-2H3,(H,26,29);/t20-;/m1./s1. The summed E-state index contributed by atoms with van der Waals surface area (Å²) in [6.45, 7) is 4.25. The van der Waals surface area contributed by atoms with Crippen LogP contribution in [-0.4, -0.2) is 47.4 Å². The molecule has 1 aromatic heterocycles. The number of ketones is 2. The fourth-order valence-corrected chi connectivity index (χ4v) is 3.50. The summed E-state index contributed by atoms with van der Waals surface area (Å²) in [5, 5.41) is 7.10. The maximum Gasteiger partial charge on any atom is 0.458 e. The highest BCUT2D eigenvalue weighted by Crippen LogP contribution is 2.30. The summed E-state index contributed by atoms with van der Waals surface area (Å²) in [5.74, 6) is -7.03. The molecule has 41 heavy (non-hydrogen) atoms. The summed E-state index contributed by atoms with van der Waals surface area (Å²) in [6.07, 6.45) is -13.3. The Labute approximate surface area is 227 Å². The lowest BCUT2D eigenvalue weighted by molar-refractivity contribution is -0.193. The van der Waals surface area contributed by atoms with Crippen molar-refractivity contribution >= 4 is 34.1 Å². The van der Waals surface area contributed by atoms with E-state index in [1.165, 1.54) is 12.1 Å². The molecule has 1 amide bonds. The maximum absolute atomic E-state index is 12.7. The molecule has 3 N–H and O–H groups in total. The van der Waals surface area contributed by atoms with Gasteiger partial charge in [-0.15, -0.1) is 0 Å². The lowest BCUT2D eigenvalue weighted by atomic mass is 10.0. The summed E-state index contributed by atoms with van der Waals surface area (Å²) in [7, 11) is 0. The van der Waals surface area contributed by atoms with Gasteiger partial charge in [-0.3, -0.25) is 14.4 Å². The lowest BCUT2D eigenvalue weighted by Gasteiger charge is -2.23. The van der Waals surface area contributed by atoms with E-state index in [2.05, 4.69) is 15.6 Å². The molecule has 3 rings (SSSR count). The van der Waals surface area contributed by atoms with E-state index in [1.807, 2.05) is 44.3 Å². The van der Waals surface area contributed by atoms with Gasteiger partial charge < -0.3 is 15.6 Å². The molecule has 0 saturated heterocycles. The highest BCUT2D eigenvalue weighted by Gasteiger charge is 2.54. The van der Waals surface area contributed by atoms with Crippen LogP contribution < -0.4 is 10.6 Å². The van der Waals surface area contributed by atoms with Gasteiger partial charge in [-0.05, 0) is 48.2 Å². The van der Waals surface area contributed by atoms with Crippen molar-refractivity contribution in [3.05, 3.63) is 65.9 Å². The van der Waals surface area contributed by atoms with Gasteiger partial charge in [0, 0.05) is 29.3 Å². The molecule has 0 saturated carbocycles. The molecule has 0 bridgehead atoms. The Kier molecular flexibility index (Phi) is 10.6. The maximum atomic E-state index is 12.7. The number of carbonyl (C=O) groups is 3. The molecule has 0 radical (unpaired) electrons. The van der Waals surface area contributed by atoms with Crippen LogP contribution in [0.4, 0.5) is 45.2 Å². The summed E-state index contributed by atoms with van der Waals surface area (Å²) < 4.78 is 105. The highest BCUT2D eigenvalue weighted by atomic mass is 19.4. The Morgan fingerprint density at radius 3 is 1.83 bits per heavy atom. The molecule has 3 aromatic rings. The second kappa shape index (κ2) is 13.1. The third-order valence-electron chi connectivity index (χ3n) is 5.57. The number of hydrogen-bond donors (Lipinski definition) is 3. The molecule has 0 spiro atoms. The van der Waals surface area contributed by atoms with Crippen LogP contribution in [0.3, 0.4) is 0 Å². The molecule has 1 atom stereocenters. The molecule has 15 heteroatoms. The van der Waals surface area contributed by atoms with Crippen molar-refractivity contribution in [1.29, 1.82) is 0 Å². The normalized spacial score (nSPS) is 12.9. The Balaban J connectivity index is 0.000000415. The van der Waals surface area contributed by atoms with Crippen LogP contribution in [0.1, 0.15) is 25.0 Å². The minimum atomic E-state index is -5.77. The van der Waals surface area contributed by atoms with E-state index in [4.69, 9.17) is 0 Å². The van der Waals surface area contributed by atoms with Crippen molar-refractivity contribution < 1.29 is 53.9 Å². The van der Waals surface area contributed by atoms with Gasteiger partial charge in [-0.1, -0.05) is 32.0 Å². The predicted molar refractivity (Wildman–Crippen MR) is 131 cm³/mol. The topological polar surface area (TPSA) is 91.1 Å². The van der Waals surface area contributed by atoms with E-state index in [9.17, 15) is 53.9 Å². The van der Waals surface area contributed by atoms with Crippen LogP contribution in [0.5, 0.6) is 0 Å². The fourth-order valence-electron chi connectivity index (χ4n) is 3.50. The molecule has 224 valence electrons. The van der Waals surface area contributed by atoms with Crippen LogP contribution in [-0.2, 0) is 27.0 Å². The third kappa shape index (κ3) is 9.53. The lowest BCUT2D eigenvalue weighted by Crippen LogP contribution is -2.43. The number of H-pyrrole nitrogens is 1. The van der Waals surface area contributed by atoms with Crippen LogP contribution in [0, 0.1) is 5.92 Å². The quantitative estimate of drug-likeness (QED) is 0.212. The molecule has 1 heterocycles. The number of alkyl halides is 9. The second-order valence-corrected chi connectivity index (χ2v) is 9.00. The Morgan fingerprint density at radius 1 is 0.805 bits per heavy atom. The van der Waals surface area contributed by atoms with Crippen LogP contribution in [0.25, 0.3) is 10.9 Å². The Bertz CT molecular complexity index is 1320. The van der Waals surface area contributed by atoms with Gasteiger partial charge in [-0.2, -0.15) is 39.5 Å². The average molecular weight is 597 g/mol. The van der Waals surface area contributed by atoms with Crippen LogP contribution >= 0.6 is 0 Å². The number of amides is 1. The number of Topliss-reactive ketones (excluding diaryl/α,β-unsaturated/α-hetero) is 2. The van der Waals surface area contributed by atoms with Crippen molar-refractivity contribution in [1.82, 2.24) is 10.3 Å². The number of aromatic nitrogens is 1. The number of benzene rings is 2. The minimum absolute atomic E-state index is 0.0367. The molecular weight excluding hydrogens is 573 g/mol. The van der Waals surface area contributed by atoms with Crippen LogP contribution in [0.15, 0.2) is 54.7 Å². The van der Waals surface area contributed by atoms with E-state index >= 15 is 0 Å². The van der Waals surface area contributed by atoms with Gasteiger partial charge in [-0.25, -0.2) is 0 Å². The Morgan fingerprint density at radius 2 is 1.34 bits per heavy atom. The van der Waals surface area contributed by atoms with Crippen molar-refractivity contribution in [2.45, 2.75) is 44.8 Å².